The molecule has 3 aromatic rings. The number of carbonyl (C=O) groups is 1. The highest BCUT2D eigenvalue weighted by molar-refractivity contribution is 7.99. The van der Waals surface area contributed by atoms with Crippen LogP contribution in [0.2, 0.25) is 0 Å². The Balaban J connectivity index is 1.35. The molecule has 1 amide bonds. The molecule has 0 bridgehead atoms. The van der Waals surface area contributed by atoms with E-state index in [1.807, 2.05) is 24.3 Å². The van der Waals surface area contributed by atoms with Crippen LogP contribution in [0.25, 0.3) is 5.78 Å². The Morgan fingerprint density at radius 1 is 1.06 bits per heavy atom. The van der Waals surface area contributed by atoms with Gasteiger partial charge < -0.3 is 4.90 Å². The van der Waals surface area contributed by atoms with Gasteiger partial charge in [0.15, 0.2) is 5.16 Å². The van der Waals surface area contributed by atoms with E-state index in [0.29, 0.717) is 35.5 Å². The van der Waals surface area contributed by atoms with Gasteiger partial charge in [0, 0.05) is 36.7 Å². The van der Waals surface area contributed by atoms with Crippen molar-refractivity contribution in [3.63, 3.8) is 0 Å². The second-order valence-corrected chi connectivity index (χ2v) is 11.4. The number of aromatic nitrogens is 4. The predicted octanol–water partition coefficient (Wildman–Crippen LogP) is 2.60. The SMILES string of the molecule is Cc1cc(C)n2c(SCC(=O)N3CCCc4cc(S(=O)(=O)N5CCCC5)ccc43)nnc2n1. The topological polar surface area (TPSA) is 101 Å². The van der Waals surface area contributed by atoms with E-state index in [1.165, 1.54) is 11.8 Å². The van der Waals surface area contributed by atoms with E-state index in [2.05, 4.69) is 15.2 Å². The minimum atomic E-state index is -3.48. The molecule has 1 saturated heterocycles. The van der Waals surface area contributed by atoms with Crippen LogP contribution in [0.3, 0.4) is 0 Å². The average Bonchev–Trinajstić information content (AvgIpc) is 3.47. The van der Waals surface area contributed by atoms with E-state index < -0.39 is 10.0 Å². The molecule has 0 spiro atoms. The van der Waals surface area contributed by atoms with Gasteiger partial charge in [0.05, 0.1) is 10.6 Å². The Labute approximate surface area is 197 Å². The number of aryl methyl sites for hydroxylation is 3. The van der Waals surface area contributed by atoms with Gasteiger partial charge in [-0.25, -0.2) is 13.4 Å². The third kappa shape index (κ3) is 4.13. The Kier molecular flexibility index (Phi) is 5.87. The standard InChI is InChI=1S/C22H26N6O3S2/c1-15-12-16(2)28-21(23-15)24-25-22(28)32-14-20(29)27-11-5-6-17-13-18(7-8-19(17)27)33(30,31)26-9-3-4-10-26/h7-8,12-13H,3-6,9-11,14H2,1-2H3. The second-order valence-electron chi connectivity index (χ2n) is 8.50. The number of hydrogen-bond donors (Lipinski definition) is 0. The lowest BCUT2D eigenvalue weighted by Gasteiger charge is -2.30. The Bertz CT molecular complexity index is 1330. The summed E-state index contributed by atoms with van der Waals surface area (Å²) in [4.78, 5) is 19.6. The van der Waals surface area contributed by atoms with Gasteiger partial charge in [0.1, 0.15) is 0 Å². The Morgan fingerprint density at radius 3 is 2.64 bits per heavy atom. The average molecular weight is 487 g/mol. The van der Waals surface area contributed by atoms with Crippen molar-refractivity contribution in [2.45, 2.75) is 49.6 Å². The molecule has 4 heterocycles. The minimum absolute atomic E-state index is 0.0365. The number of amides is 1. The summed E-state index contributed by atoms with van der Waals surface area (Å²) in [6.07, 6.45) is 3.36. The highest BCUT2D eigenvalue weighted by atomic mass is 32.2. The molecule has 2 aromatic heterocycles. The maximum Gasteiger partial charge on any atom is 0.256 e. The van der Waals surface area contributed by atoms with Crippen LogP contribution in [0.1, 0.15) is 36.2 Å². The van der Waals surface area contributed by atoms with E-state index in [1.54, 1.807) is 27.4 Å². The molecular weight excluding hydrogens is 460 g/mol. The van der Waals surface area contributed by atoms with Gasteiger partial charge in [0.2, 0.25) is 15.9 Å². The summed E-state index contributed by atoms with van der Waals surface area (Å²) in [7, 11) is -3.48. The minimum Gasteiger partial charge on any atom is -0.311 e. The highest BCUT2D eigenvalue weighted by Gasteiger charge is 2.30. The molecule has 0 saturated carbocycles. The molecule has 174 valence electrons. The Hall–Kier alpha value is -2.50. The quantitative estimate of drug-likeness (QED) is 0.511. The van der Waals surface area contributed by atoms with Gasteiger partial charge in [-0.05, 0) is 69.4 Å². The summed E-state index contributed by atoms with van der Waals surface area (Å²) in [6.45, 7) is 5.64. The lowest BCUT2D eigenvalue weighted by molar-refractivity contribution is -0.116. The molecule has 0 unspecified atom stereocenters. The number of hydrogen-bond acceptors (Lipinski definition) is 7. The number of nitrogens with zero attached hydrogens (tertiary/aromatic N) is 6. The van der Waals surface area contributed by atoms with E-state index in [0.717, 1.165) is 48.3 Å². The molecule has 33 heavy (non-hydrogen) atoms. The molecule has 1 aromatic carbocycles. The first-order chi connectivity index (χ1) is 15.8. The molecule has 1 fully saturated rings. The molecule has 0 atom stereocenters. The van der Waals surface area contributed by atoms with Crippen molar-refractivity contribution >= 4 is 39.2 Å². The largest absolute Gasteiger partial charge is 0.311 e. The highest BCUT2D eigenvalue weighted by Crippen LogP contribution is 2.32. The summed E-state index contributed by atoms with van der Waals surface area (Å²) in [5.41, 5.74) is 3.54. The number of fused-ring (bicyclic) bond motifs is 2. The molecule has 0 radical (unpaired) electrons. The van der Waals surface area contributed by atoms with E-state index in [9.17, 15) is 13.2 Å². The normalized spacial score (nSPS) is 17.0. The molecule has 2 aliphatic rings. The van der Waals surface area contributed by atoms with Crippen molar-refractivity contribution in [3.8, 4) is 0 Å². The van der Waals surface area contributed by atoms with Gasteiger partial charge in [-0.2, -0.15) is 4.31 Å². The second kappa shape index (κ2) is 8.69. The third-order valence-electron chi connectivity index (χ3n) is 6.16. The fraction of sp³-hybridized carbons (Fsp3) is 0.455. The van der Waals surface area contributed by atoms with Gasteiger partial charge in [-0.3, -0.25) is 9.20 Å². The van der Waals surface area contributed by atoms with Crippen LogP contribution in [-0.2, 0) is 21.2 Å². The third-order valence-corrected chi connectivity index (χ3v) is 8.97. The molecule has 2 aliphatic heterocycles. The maximum atomic E-state index is 13.1. The summed E-state index contributed by atoms with van der Waals surface area (Å²) in [6, 6.07) is 7.12. The molecule has 11 heteroatoms. The first-order valence-electron chi connectivity index (χ1n) is 11.1. The summed E-state index contributed by atoms with van der Waals surface area (Å²) >= 11 is 1.33. The van der Waals surface area contributed by atoms with Crippen molar-refractivity contribution in [3.05, 3.63) is 41.2 Å². The van der Waals surface area contributed by atoms with Crippen LogP contribution in [0.5, 0.6) is 0 Å². The number of anilines is 1. The fourth-order valence-electron chi connectivity index (χ4n) is 4.57. The van der Waals surface area contributed by atoms with E-state index >= 15 is 0 Å². The predicted molar refractivity (Wildman–Crippen MR) is 126 cm³/mol. The van der Waals surface area contributed by atoms with Crippen LogP contribution in [-0.4, -0.2) is 63.6 Å². The van der Waals surface area contributed by atoms with Crippen molar-refractivity contribution in [1.29, 1.82) is 0 Å². The molecule has 0 aliphatic carbocycles. The number of sulfonamides is 1. The summed E-state index contributed by atoms with van der Waals surface area (Å²) in [5.74, 6) is 0.699. The van der Waals surface area contributed by atoms with Crippen molar-refractivity contribution < 1.29 is 13.2 Å². The lowest BCUT2D eigenvalue weighted by atomic mass is 10.0. The molecular formula is C22H26N6O3S2. The zero-order chi connectivity index (χ0) is 23.2. The molecule has 0 N–H and O–H groups in total. The van der Waals surface area contributed by atoms with Crippen LogP contribution in [0.15, 0.2) is 34.3 Å². The molecule has 9 nitrogen and oxygen atoms in total. The van der Waals surface area contributed by atoms with Crippen molar-refractivity contribution in [2.24, 2.45) is 0 Å². The van der Waals surface area contributed by atoms with Gasteiger partial charge in [0.25, 0.3) is 5.78 Å². The van der Waals surface area contributed by atoms with Gasteiger partial charge in [-0.1, -0.05) is 11.8 Å². The molecule has 5 rings (SSSR count). The smallest absolute Gasteiger partial charge is 0.256 e. The van der Waals surface area contributed by atoms with Crippen LogP contribution in [0, 0.1) is 13.8 Å². The monoisotopic (exact) mass is 486 g/mol. The zero-order valence-electron chi connectivity index (χ0n) is 18.7. The number of carbonyl (C=O) groups excluding carboxylic acids is 1. The Morgan fingerprint density at radius 2 is 1.85 bits per heavy atom. The van der Waals surface area contributed by atoms with E-state index in [-0.39, 0.29) is 11.7 Å². The van der Waals surface area contributed by atoms with Crippen LogP contribution in [0.4, 0.5) is 5.69 Å². The first kappa shape index (κ1) is 22.3. The van der Waals surface area contributed by atoms with Crippen molar-refractivity contribution in [1.82, 2.24) is 23.9 Å². The van der Waals surface area contributed by atoms with Gasteiger partial charge >= 0.3 is 0 Å². The summed E-state index contributed by atoms with van der Waals surface area (Å²) < 4.78 is 29.3. The van der Waals surface area contributed by atoms with Crippen LogP contribution >= 0.6 is 11.8 Å². The number of rotatable bonds is 5. The van der Waals surface area contributed by atoms with Crippen LogP contribution < -0.4 is 4.90 Å². The maximum absolute atomic E-state index is 13.1. The van der Waals surface area contributed by atoms with Gasteiger partial charge in [-0.15, -0.1) is 10.2 Å². The number of thioether (sulfide) groups is 1. The number of benzene rings is 1. The lowest BCUT2D eigenvalue weighted by Crippen LogP contribution is -2.37. The summed E-state index contributed by atoms with van der Waals surface area (Å²) in [5, 5.41) is 8.97. The first-order valence-corrected chi connectivity index (χ1v) is 13.5. The van der Waals surface area contributed by atoms with Crippen molar-refractivity contribution in [2.75, 3.05) is 30.3 Å². The van der Waals surface area contributed by atoms with E-state index in [4.69, 9.17) is 0 Å². The zero-order valence-corrected chi connectivity index (χ0v) is 20.3. The fourth-order valence-corrected chi connectivity index (χ4v) is 7.00.